The molecule has 14 heteroatoms. The standard InChI is InChI=1S/C22H26F3N5O5S/c1-15-4-5-16(22(23,24)25)12-17(15)27-20-28-18(13-35-20)19(31)29-36(32,33)30-9-3-6-21(14-26,7-10-30)8-11-34-2/h4-5,12-13H,3,6-11H2,1-2H3,(H,27,28)(H,29,31). The first-order valence-electron chi connectivity index (χ1n) is 11.0. The van der Waals surface area contributed by atoms with Crippen LogP contribution in [-0.2, 0) is 21.1 Å². The van der Waals surface area contributed by atoms with Gasteiger partial charge in [-0.1, -0.05) is 6.07 Å². The molecule has 0 radical (unpaired) electrons. The summed E-state index contributed by atoms with van der Waals surface area (Å²) in [6, 6.07) is 5.08. The largest absolute Gasteiger partial charge is 0.431 e. The minimum atomic E-state index is -4.55. The Morgan fingerprint density at radius 1 is 1.33 bits per heavy atom. The number of carbonyl (C=O) groups is 1. The number of oxazole rings is 1. The van der Waals surface area contributed by atoms with Gasteiger partial charge in [0.2, 0.25) is 0 Å². The van der Waals surface area contributed by atoms with E-state index in [9.17, 15) is 31.6 Å². The zero-order chi connectivity index (χ0) is 26.6. The molecule has 1 amide bonds. The topological polar surface area (TPSA) is 138 Å². The summed E-state index contributed by atoms with van der Waals surface area (Å²) in [6.07, 6.45) is -1.97. The number of aryl methyl sites for hydroxylation is 1. The molecule has 1 atom stereocenters. The van der Waals surface area contributed by atoms with Crippen LogP contribution in [0.5, 0.6) is 0 Å². The highest BCUT2D eigenvalue weighted by molar-refractivity contribution is 7.87. The van der Waals surface area contributed by atoms with E-state index in [2.05, 4.69) is 16.4 Å². The van der Waals surface area contributed by atoms with Crippen molar-refractivity contribution in [2.24, 2.45) is 5.41 Å². The van der Waals surface area contributed by atoms with Gasteiger partial charge >= 0.3 is 16.4 Å². The smallest absolute Gasteiger partial charge is 0.416 e. The maximum Gasteiger partial charge on any atom is 0.416 e. The van der Waals surface area contributed by atoms with E-state index in [0.717, 1.165) is 22.7 Å². The first-order chi connectivity index (χ1) is 16.9. The van der Waals surface area contributed by atoms with Crippen LogP contribution in [0.3, 0.4) is 0 Å². The van der Waals surface area contributed by atoms with Crippen molar-refractivity contribution in [3.8, 4) is 6.07 Å². The molecule has 2 N–H and O–H groups in total. The van der Waals surface area contributed by atoms with Gasteiger partial charge in [0.25, 0.3) is 11.9 Å². The number of nitrogens with zero attached hydrogens (tertiary/aromatic N) is 3. The molecule has 1 fully saturated rings. The van der Waals surface area contributed by atoms with Gasteiger partial charge in [-0.25, -0.2) is 4.72 Å². The Kier molecular flexibility index (Phi) is 8.27. The quantitative estimate of drug-likeness (QED) is 0.527. The average molecular weight is 530 g/mol. The first-order valence-corrected chi connectivity index (χ1v) is 12.5. The van der Waals surface area contributed by atoms with E-state index in [-0.39, 0.29) is 36.9 Å². The second kappa shape index (κ2) is 10.9. The molecule has 10 nitrogen and oxygen atoms in total. The molecule has 196 valence electrons. The van der Waals surface area contributed by atoms with E-state index >= 15 is 0 Å². The Morgan fingerprint density at radius 2 is 2.08 bits per heavy atom. The normalized spacial score (nSPS) is 19.3. The molecule has 1 aromatic heterocycles. The molecule has 36 heavy (non-hydrogen) atoms. The van der Waals surface area contributed by atoms with Crippen LogP contribution in [0.1, 0.15) is 47.3 Å². The van der Waals surface area contributed by atoms with Crippen molar-refractivity contribution in [2.45, 2.75) is 38.8 Å². The van der Waals surface area contributed by atoms with Crippen LogP contribution in [0.4, 0.5) is 24.9 Å². The lowest BCUT2D eigenvalue weighted by Crippen LogP contribution is -2.44. The second-order valence-corrected chi connectivity index (χ2v) is 10.2. The third-order valence-electron chi connectivity index (χ3n) is 6.03. The van der Waals surface area contributed by atoms with Gasteiger partial charge in [-0.05, 0) is 50.3 Å². The van der Waals surface area contributed by atoms with Gasteiger partial charge in [-0.15, -0.1) is 0 Å². The van der Waals surface area contributed by atoms with Crippen LogP contribution in [0.25, 0.3) is 0 Å². The predicted molar refractivity (Wildman–Crippen MR) is 122 cm³/mol. The Hall–Kier alpha value is -3.15. The minimum absolute atomic E-state index is 0.0420. The summed E-state index contributed by atoms with van der Waals surface area (Å²) >= 11 is 0. The van der Waals surface area contributed by atoms with Crippen molar-refractivity contribution in [2.75, 3.05) is 32.1 Å². The number of aromatic nitrogens is 1. The highest BCUT2D eigenvalue weighted by atomic mass is 32.2. The van der Waals surface area contributed by atoms with Crippen LogP contribution in [0.15, 0.2) is 28.9 Å². The predicted octanol–water partition coefficient (Wildman–Crippen LogP) is 3.75. The number of nitrogens with one attached hydrogen (secondary N) is 2. The summed E-state index contributed by atoms with van der Waals surface area (Å²) in [5, 5.41) is 12.2. The summed E-state index contributed by atoms with van der Waals surface area (Å²) < 4.78 is 77.8. The Morgan fingerprint density at radius 3 is 2.75 bits per heavy atom. The molecule has 0 saturated carbocycles. The highest BCUT2D eigenvalue weighted by Crippen LogP contribution is 2.35. The summed E-state index contributed by atoms with van der Waals surface area (Å²) in [6.45, 7) is 2.11. The van der Waals surface area contributed by atoms with Gasteiger partial charge in [0.05, 0.1) is 17.0 Å². The van der Waals surface area contributed by atoms with Crippen molar-refractivity contribution in [1.82, 2.24) is 14.0 Å². The number of anilines is 2. The van der Waals surface area contributed by atoms with Gasteiger partial charge < -0.3 is 14.5 Å². The average Bonchev–Trinajstić information content (AvgIpc) is 3.16. The monoisotopic (exact) mass is 529 g/mol. The molecule has 2 heterocycles. The van der Waals surface area contributed by atoms with E-state index in [1.807, 2.05) is 4.72 Å². The van der Waals surface area contributed by atoms with E-state index in [1.165, 1.54) is 13.2 Å². The number of alkyl halides is 3. The molecule has 1 aliphatic heterocycles. The van der Waals surface area contributed by atoms with Crippen molar-refractivity contribution >= 4 is 27.8 Å². The lowest BCUT2D eigenvalue weighted by Gasteiger charge is -2.24. The number of benzene rings is 1. The Labute approximate surface area is 206 Å². The van der Waals surface area contributed by atoms with E-state index < -0.39 is 33.3 Å². The summed E-state index contributed by atoms with van der Waals surface area (Å²) in [4.78, 5) is 16.4. The van der Waals surface area contributed by atoms with Gasteiger partial charge in [-0.3, -0.25) is 4.79 Å². The van der Waals surface area contributed by atoms with Crippen molar-refractivity contribution in [3.05, 3.63) is 41.3 Å². The highest BCUT2D eigenvalue weighted by Gasteiger charge is 2.36. The minimum Gasteiger partial charge on any atom is -0.431 e. The fourth-order valence-corrected chi connectivity index (χ4v) is 5.01. The third-order valence-corrected chi connectivity index (χ3v) is 7.52. The molecule has 1 aromatic carbocycles. The number of rotatable bonds is 8. The molecule has 0 aliphatic carbocycles. The van der Waals surface area contributed by atoms with E-state index in [0.29, 0.717) is 31.4 Å². The molecule has 1 saturated heterocycles. The van der Waals surface area contributed by atoms with Crippen LogP contribution < -0.4 is 10.0 Å². The SMILES string of the molecule is COCCC1(C#N)CCCN(S(=O)(=O)NC(=O)c2coc(Nc3cc(C(F)(F)F)ccc3C)n2)CC1. The summed E-state index contributed by atoms with van der Waals surface area (Å²) in [5.74, 6) is -1.07. The Balaban J connectivity index is 1.67. The zero-order valence-electron chi connectivity index (χ0n) is 19.7. The van der Waals surface area contributed by atoms with E-state index in [1.54, 1.807) is 6.92 Å². The molecular weight excluding hydrogens is 503 g/mol. The van der Waals surface area contributed by atoms with Crippen molar-refractivity contribution < 1.29 is 35.5 Å². The molecule has 2 aromatic rings. The summed E-state index contributed by atoms with van der Waals surface area (Å²) in [5.41, 5.74) is -1.45. The van der Waals surface area contributed by atoms with Gasteiger partial charge in [0.15, 0.2) is 5.69 Å². The number of methoxy groups -OCH3 is 1. The van der Waals surface area contributed by atoms with Crippen LogP contribution in [0.2, 0.25) is 0 Å². The molecule has 0 spiro atoms. The lowest BCUT2D eigenvalue weighted by atomic mass is 9.79. The second-order valence-electron chi connectivity index (χ2n) is 8.51. The molecule has 1 unspecified atom stereocenters. The van der Waals surface area contributed by atoms with Crippen LogP contribution >= 0.6 is 0 Å². The molecule has 1 aliphatic rings. The van der Waals surface area contributed by atoms with Gasteiger partial charge in [0.1, 0.15) is 6.26 Å². The fourth-order valence-electron chi connectivity index (χ4n) is 3.84. The van der Waals surface area contributed by atoms with Crippen LogP contribution in [-0.4, -0.2) is 50.4 Å². The molecule has 3 rings (SSSR count). The maximum absolute atomic E-state index is 13.0. The number of hydrogen-bond donors (Lipinski definition) is 2. The number of amides is 1. The number of halogens is 3. The fraction of sp³-hybridized carbons (Fsp3) is 0.500. The van der Waals surface area contributed by atoms with E-state index in [4.69, 9.17) is 9.15 Å². The molecule has 0 bridgehead atoms. The van der Waals surface area contributed by atoms with Crippen molar-refractivity contribution in [3.63, 3.8) is 0 Å². The number of hydrogen-bond acceptors (Lipinski definition) is 8. The van der Waals surface area contributed by atoms with Crippen LogP contribution in [0, 0.1) is 23.7 Å². The number of nitriles is 1. The third kappa shape index (κ3) is 6.54. The number of ether oxygens (including phenoxy) is 1. The Bertz CT molecular complexity index is 1240. The van der Waals surface area contributed by atoms with Crippen molar-refractivity contribution in [1.29, 1.82) is 5.26 Å². The zero-order valence-corrected chi connectivity index (χ0v) is 20.5. The molecular formula is C22H26F3N5O5S. The first kappa shape index (κ1) is 27.4. The maximum atomic E-state index is 13.0. The van der Waals surface area contributed by atoms with Gasteiger partial charge in [0, 0.05) is 32.5 Å². The van der Waals surface area contributed by atoms with Gasteiger partial charge in [-0.2, -0.15) is 36.1 Å². The lowest BCUT2D eigenvalue weighted by molar-refractivity contribution is -0.137. The number of carbonyl (C=O) groups excluding carboxylic acids is 1. The summed E-state index contributed by atoms with van der Waals surface area (Å²) in [7, 11) is -2.72.